The summed E-state index contributed by atoms with van der Waals surface area (Å²) < 4.78 is 2.59. The molecule has 5 aromatic carbocycles. The van der Waals surface area contributed by atoms with E-state index in [9.17, 15) is 0 Å². The van der Waals surface area contributed by atoms with Crippen LogP contribution in [0.3, 0.4) is 0 Å². The number of pyridine rings is 2. The average molecular weight is 559 g/mol. The van der Waals surface area contributed by atoms with E-state index < -0.39 is 0 Å². The highest BCUT2D eigenvalue weighted by Gasteiger charge is 2.25. The second kappa shape index (κ2) is 9.04. The van der Waals surface area contributed by atoms with Gasteiger partial charge in [0.15, 0.2) is 0 Å². The van der Waals surface area contributed by atoms with Crippen LogP contribution in [0.25, 0.3) is 70.9 Å². The lowest BCUT2D eigenvalue weighted by Crippen LogP contribution is -2.12. The maximum atomic E-state index is 5.13. The molecule has 3 heterocycles. The Morgan fingerprint density at radius 2 is 1.37 bits per heavy atom. The van der Waals surface area contributed by atoms with Crippen molar-refractivity contribution in [2.75, 3.05) is 0 Å². The normalized spacial score (nSPS) is 13.1. The van der Waals surface area contributed by atoms with Gasteiger partial charge in [-0.3, -0.25) is 4.98 Å². The molecular weight excluding hydrogens is 520 g/mol. The van der Waals surface area contributed by atoms with Crippen LogP contribution < -0.4 is 0 Å². The first-order valence-corrected chi connectivity index (χ1v) is 15.6. The summed E-state index contributed by atoms with van der Waals surface area (Å²) in [4.78, 5) is 5.13. The molecule has 0 amide bonds. The summed E-state index contributed by atoms with van der Waals surface area (Å²) in [7, 11) is 0. The largest absolute Gasteiger partial charge is 0.308 e. The minimum absolute atomic E-state index is 0.111. The fourth-order valence-corrected chi connectivity index (χ4v) is 7.50. The van der Waals surface area contributed by atoms with Crippen molar-refractivity contribution in [1.82, 2.24) is 9.38 Å². The molecule has 0 atom stereocenters. The van der Waals surface area contributed by atoms with Gasteiger partial charge in [-0.05, 0) is 80.3 Å². The number of fused-ring (bicyclic) bond motifs is 7. The minimum Gasteiger partial charge on any atom is -0.308 e. The highest BCUT2D eigenvalue weighted by molar-refractivity contribution is 6.30. The van der Waals surface area contributed by atoms with Crippen molar-refractivity contribution in [2.45, 2.75) is 54.4 Å². The second-order valence-corrected chi connectivity index (χ2v) is 14.9. The highest BCUT2D eigenvalue weighted by Crippen LogP contribution is 2.46. The lowest BCUT2D eigenvalue weighted by molar-refractivity contribution is 0.411. The molecule has 8 aromatic rings. The Labute approximate surface area is 253 Å². The van der Waals surface area contributed by atoms with Gasteiger partial charge in [0, 0.05) is 27.7 Å². The first-order valence-electron chi connectivity index (χ1n) is 15.6. The lowest BCUT2D eigenvalue weighted by atomic mass is 9.83. The monoisotopic (exact) mass is 558 g/mol. The molecule has 43 heavy (non-hydrogen) atoms. The standard InChI is InChI=1S/C41H38N2/c1-40(2,3)23-25-15-17-29-28(21-25)22-32-37-35-27(19-20-42-37)16-18-31-36-30(26-11-8-7-9-12-26)13-10-14-34(36)43(39(31)35)38(32)33(29)24-41(4,5)6/h7-22H,23-24H2,1-6H3. The van der Waals surface area contributed by atoms with Crippen LogP contribution in [0.2, 0.25) is 0 Å². The van der Waals surface area contributed by atoms with E-state index in [2.05, 4.69) is 137 Å². The maximum Gasteiger partial charge on any atom is 0.0823 e. The van der Waals surface area contributed by atoms with Gasteiger partial charge in [0.05, 0.1) is 22.1 Å². The Kier molecular flexibility index (Phi) is 5.51. The highest BCUT2D eigenvalue weighted by atomic mass is 14.9. The van der Waals surface area contributed by atoms with E-state index in [-0.39, 0.29) is 10.8 Å². The molecule has 2 nitrogen and oxygen atoms in total. The molecule has 0 N–H and O–H groups in total. The number of benzene rings is 5. The van der Waals surface area contributed by atoms with E-state index in [0.29, 0.717) is 0 Å². The number of nitrogens with zero attached hydrogens (tertiary/aromatic N) is 2. The summed E-state index contributed by atoms with van der Waals surface area (Å²) in [5.41, 5.74) is 10.6. The number of aromatic nitrogens is 2. The van der Waals surface area contributed by atoms with Crippen molar-refractivity contribution in [3.05, 3.63) is 108 Å². The van der Waals surface area contributed by atoms with Crippen LogP contribution in [0.1, 0.15) is 52.7 Å². The molecule has 2 heteroatoms. The van der Waals surface area contributed by atoms with Gasteiger partial charge >= 0.3 is 0 Å². The first-order chi connectivity index (χ1) is 20.6. The Morgan fingerprint density at radius 1 is 0.605 bits per heavy atom. The Balaban J connectivity index is 1.63. The van der Waals surface area contributed by atoms with Gasteiger partial charge in [-0.15, -0.1) is 0 Å². The average Bonchev–Trinajstić information content (AvgIpc) is 3.30. The summed E-state index contributed by atoms with van der Waals surface area (Å²) in [6.07, 6.45) is 4.02. The molecule has 0 aliphatic rings. The van der Waals surface area contributed by atoms with Crippen molar-refractivity contribution in [3.8, 4) is 11.1 Å². The third-order valence-electron chi connectivity index (χ3n) is 8.97. The van der Waals surface area contributed by atoms with E-state index >= 15 is 0 Å². The SMILES string of the molecule is CC(C)(C)Cc1ccc2c(CC(C)(C)C)c3c(cc2c1)c1nccc2ccc4c5c(-c6ccccc6)cccc5n3c4c21. The second-order valence-electron chi connectivity index (χ2n) is 14.9. The van der Waals surface area contributed by atoms with Crippen LogP contribution in [0, 0.1) is 10.8 Å². The quantitative estimate of drug-likeness (QED) is 0.156. The van der Waals surface area contributed by atoms with Crippen LogP contribution in [-0.2, 0) is 12.8 Å². The molecule has 0 aliphatic heterocycles. The summed E-state index contributed by atoms with van der Waals surface area (Å²) in [6.45, 7) is 14.0. The predicted molar refractivity (Wildman–Crippen MR) is 186 cm³/mol. The van der Waals surface area contributed by atoms with Crippen molar-refractivity contribution in [1.29, 1.82) is 0 Å². The molecule has 3 aromatic heterocycles. The molecule has 0 saturated heterocycles. The predicted octanol–water partition coefficient (Wildman–Crippen LogP) is 11.4. The van der Waals surface area contributed by atoms with Crippen LogP contribution in [0.15, 0.2) is 97.2 Å². The lowest BCUT2D eigenvalue weighted by Gasteiger charge is -2.24. The zero-order valence-electron chi connectivity index (χ0n) is 26.0. The van der Waals surface area contributed by atoms with Gasteiger partial charge in [0.25, 0.3) is 0 Å². The molecule has 0 saturated carbocycles. The third kappa shape index (κ3) is 4.11. The van der Waals surface area contributed by atoms with Gasteiger partial charge in [0.1, 0.15) is 0 Å². The van der Waals surface area contributed by atoms with E-state index in [0.717, 1.165) is 18.4 Å². The van der Waals surface area contributed by atoms with Crippen molar-refractivity contribution in [3.63, 3.8) is 0 Å². The van der Waals surface area contributed by atoms with Crippen LogP contribution in [0.4, 0.5) is 0 Å². The Bertz CT molecular complexity index is 2340. The molecule has 8 rings (SSSR count). The molecule has 0 spiro atoms. The topological polar surface area (TPSA) is 17.3 Å². The zero-order valence-corrected chi connectivity index (χ0v) is 26.0. The fourth-order valence-electron chi connectivity index (χ4n) is 7.50. The third-order valence-corrected chi connectivity index (χ3v) is 8.97. The van der Waals surface area contributed by atoms with Crippen molar-refractivity contribution < 1.29 is 0 Å². The first kappa shape index (κ1) is 26.2. The van der Waals surface area contributed by atoms with Gasteiger partial charge < -0.3 is 4.40 Å². The summed E-state index contributed by atoms with van der Waals surface area (Å²) in [6, 6.07) is 34.1. The summed E-state index contributed by atoms with van der Waals surface area (Å²) in [5.74, 6) is 0. The number of rotatable bonds is 3. The summed E-state index contributed by atoms with van der Waals surface area (Å²) in [5, 5.41) is 9.03. The molecule has 212 valence electrons. The van der Waals surface area contributed by atoms with E-state index in [1.54, 1.807) is 0 Å². The molecule has 0 fully saturated rings. The molecule has 0 aliphatic carbocycles. The van der Waals surface area contributed by atoms with Gasteiger partial charge in [0.2, 0.25) is 0 Å². The Hall–Kier alpha value is -4.43. The molecule has 0 unspecified atom stereocenters. The van der Waals surface area contributed by atoms with Gasteiger partial charge in [-0.1, -0.05) is 114 Å². The number of hydrogen-bond acceptors (Lipinski definition) is 1. The Morgan fingerprint density at radius 3 is 2.14 bits per heavy atom. The fraction of sp³-hybridized carbons (Fsp3) is 0.244. The van der Waals surface area contributed by atoms with Crippen LogP contribution in [0.5, 0.6) is 0 Å². The maximum absolute atomic E-state index is 5.13. The summed E-state index contributed by atoms with van der Waals surface area (Å²) >= 11 is 0. The smallest absolute Gasteiger partial charge is 0.0823 e. The molecular formula is C41H38N2. The molecule has 0 radical (unpaired) electrons. The minimum atomic E-state index is 0.111. The zero-order chi connectivity index (χ0) is 29.7. The molecule has 0 bridgehead atoms. The van der Waals surface area contributed by atoms with E-state index in [4.69, 9.17) is 4.98 Å². The van der Waals surface area contributed by atoms with Gasteiger partial charge in [-0.25, -0.2) is 0 Å². The van der Waals surface area contributed by atoms with Crippen molar-refractivity contribution >= 4 is 59.8 Å². The van der Waals surface area contributed by atoms with E-state index in [1.165, 1.54) is 76.5 Å². The van der Waals surface area contributed by atoms with Crippen LogP contribution in [-0.4, -0.2) is 9.38 Å². The van der Waals surface area contributed by atoms with Crippen LogP contribution >= 0.6 is 0 Å². The van der Waals surface area contributed by atoms with Gasteiger partial charge in [-0.2, -0.15) is 0 Å². The van der Waals surface area contributed by atoms with E-state index in [1.807, 2.05) is 6.20 Å². The van der Waals surface area contributed by atoms with Crippen molar-refractivity contribution in [2.24, 2.45) is 10.8 Å². The number of hydrogen-bond donors (Lipinski definition) is 0.